The second-order valence-corrected chi connectivity index (χ2v) is 7.43. The molecule has 5 nitrogen and oxygen atoms in total. The molecule has 0 saturated heterocycles. The van der Waals surface area contributed by atoms with Crippen LogP contribution in [-0.4, -0.2) is 28.7 Å². The van der Waals surface area contributed by atoms with Gasteiger partial charge in [0.1, 0.15) is 5.56 Å². The molecule has 3 aromatic rings. The van der Waals surface area contributed by atoms with Gasteiger partial charge in [-0.05, 0) is 24.3 Å². The highest BCUT2D eigenvalue weighted by Gasteiger charge is 2.29. The topological polar surface area (TPSA) is 64.1 Å². The van der Waals surface area contributed by atoms with E-state index in [-0.39, 0.29) is 5.56 Å². The molecule has 3 rings (SSSR count). The Kier molecular flexibility index (Phi) is 5.44. The quantitative estimate of drug-likeness (QED) is 0.624. The normalized spacial score (nSPS) is 11.4. The number of thiophene rings is 1. The van der Waals surface area contributed by atoms with Crippen molar-refractivity contribution < 1.29 is 22.7 Å². The summed E-state index contributed by atoms with van der Waals surface area (Å²) in [6.45, 7) is -1.54. The van der Waals surface area contributed by atoms with E-state index >= 15 is 0 Å². The minimum absolute atomic E-state index is 0.118. The fourth-order valence-electron chi connectivity index (χ4n) is 1.89. The maximum Gasteiger partial charge on any atom is 0.422 e. The largest absolute Gasteiger partial charge is 0.467 e. The molecular weight excluding hydrogens is 411 g/mol. The highest BCUT2D eigenvalue weighted by molar-refractivity contribution is 7.20. The number of alkyl halides is 3. The molecule has 0 fully saturated rings. The van der Waals surface area contributed by atoms with Crippen molar-refractivity contribution in [2.45, 2.75) is 6.18 Å². The van der Waals surface area contributed by atoms with Gasteiger partial charge in [0.25, 0.3) is 5.91 Å². The van der Waals surface area contributed by atoms with E-state index in [9.17, 15) is 18.0 Å². The fourth-order valence-corrected chi connectivity index (χ4v) is 3.67. The van der Waals surface area contributed by atoms with Crippen LogP contribution in [0.1, 0.15) is 10.4 Å². The first-order chi connectivity index (χ1) is 12.3. The molecule has 0 radical (unpaired) electrons. The summed E-state index contributed by atoms with van der Waals surface area (Å²) in [7, 11) is 0. The van der Waals surface area contributed by atoms with E-state index in [1.807, 2.05) is 0 Å². The highest BCUT2D eigenvalue weighted by Crippen LogP contribution is 2.33. The Balaban J connectivity index is 1.73. The zero-order chi connectivity index (χ0) is 18.7. The van der Waals surface area contributed by atoms with Crippen LogP contribution in [0.2, 0.25) is 4.34 Å². The van der Waals surface area contributed by atoms with Crippen molar-refractivity contribution in [1.82, 2.24) is 9.97 Å². The van der Waals surface area contributed by atoms with Crippen molar-refractivity contribution in [2.24, 2.45) is 0 Å². The van der Waals surface area contributed by atoms with Gasteiger partial charge in [-0.25, -0.2) is 9.97 Å². The number of aromatic nitrogens is 2. The van der Waals surface area contributed by atoms with Crippen LogP contribution in [0.25, 0.3) is 10.6 Å². The van der Waals surface area contributed by atoms with Crippen LogP contribution in [0, 0.1) is 0 Å². The van der Waals surface area contributed by atoms with Gasteiger partial charge < -0.3 is 4.74 Å². The molecule has 1 amide bonds. The molecule has 26 heavy (non-hydrogen) atoms. The smallest absolute Gasteiger partial charge is 0.422 e. The lowest BCUT2D eigenvalue weighted by atomic mass is 10.2. The molecule has 1 N–H and O–H groups in total. The summed E-state index contributed by atoms with van der Waals surface area (Å²) in [6.07, 6.45) is -3.29. The average Bonchev–Trinajstić information content (AvgIpc) is 3.21. The third kappa shape index (κ3) is 4.71. The van der Waals surface area contributed by atoms with E-state index in [0.29, 0.717) is 15.2 Å². The summed E-state index contributed by atoms with van der Waals surface area (Å²) in [6, 6.07) is 6.29. The predicted octanol–water partition coefficient (Wildman–Crippen LogP) is 5.11. The van der Waals surface area contributed by atoms with Gasteiger partial charge >= 0.3 is 6.18 Å². The van der Waals surface area contributed by atoms with Crippen molar-refractivity contribution in [3.8, 4) is 16.5 Å². The van der Waals surface area contributed by atoms with Gasteiger partial charge in [0.05, 0.1) is 14.9 Å². The first-order valence-electron chi connectivity index (χ1n) is 6.99. The second kappa shape index (κ2) is 7.60. The van der Waals surface area contributed by atoms with Gasteiger partial charge in [0.15, 0.2) is 11.7 Å². The van der Waals surface area contributed by atoms with Crippen molar-refractivity contribution in [3.63, 3.8) is 0 Å². The average molecular weight is 420 g/mol. The molecule has 0 unspecified atom stereocenters. The molecule has 136 valence electrons. The van der Waals surface area contributed by atoms with Crippen LogP contribution >= 0.6 is 34.3 Å². The van der Waals surface area contributed by atoms with Crippen LogP contribution in [-0.2, 0) is 0 Å². The highest BCUT2D eigenvalue weighted by atomic mass is 35.5. The monoisotopic (exact) mass is 419 g/mol. The zero-order valence-electron chi connectivity index (χ0n) is 12.7. The standard InChI is InChI=1S/C15H9ClF3N3O2S2/c16-11-4-3-10(26-11)9-6-25-14(21-9)22-12(23)8-2-1-5-20-13(8)24-7-15(17,18)19/h1-6H,7H2,(H,21,22,23). The number of ether oxygens (including phenoxy) is 1. The number of carbonyl (C=O) groups excluding carboxylic acids is 1. The van der Waals surface area contributed by atoms with Gasteiger partial charge in [-0.15, -0.1) is 22.7 Å². The zero-order valence-corrected chi connectivity index (χ0v) is 15.1. The fraction of sp³-hybridized carbons (Fsp3) is 0.133. The molecule has 0 saturated carbocycles. The Hall–Kier alpha value is -2.17. The third-order valence-electron chi connectivity index (χ3n) is 2.94. The Morgan fingerprint density at radius 1 is 1.31 bits per heavy atom. The molecule has 0 atom stereocenters. The first kappa shape index (κ1) is 18.6. The Labute approximate surface area is 158 Å². The number of rotatable bonds is 5. The van der Waals surface area contributed by atoms with E-state index in [1.54, 1.807) is 17.5 Å². The van der Waals surface area contributed by atoms with Crippen molar-refractivity contribution in [1.29, 1.82) is 0 Å². The maximum atomic E-state index is 12.3. The summed E-state index contributed by atoms with van der Waals surface area (Å²) in [4.78, 5) is 21.1. The van der Waals surface area contributed by atoms with E-state index in [1.165, 1.54) is 41.0 Å². The predicted molar refractivity (Wildman–Crippen MR) is 94.2 cm³/mol. The van der Waals surface area contributed by atoms with Gasteiger partial charge in [0.2, 0.25) is 5.88 Å². The number of nitrogens with zero attached hydrogens (tertiary/aromatic N) is 2. The molecule has 11 heteroatoms. The number of amides is 1. The van der Waals surface area contributed by atoms with Gasteiger partial charge in [-0.3, -0.25) is 10.1 Å². The van der Waals surface area contributed by atoms with E-state index in [4.69, 9.17) is 11.6 Å². The van der Waals surface area contributed by atoms with Crippen LogP contribution in [0.15, 0.2) is 35.8 Å². The summed E-state index contributed by atoms with van der Waals surface area (Å²) in [5.74, 6) is -1.07. The van der Waals surface area contributed by atoms with Crippen LogP contribution in [0.5, 0.6) is 5.88 Å². The van der Waals surface area contributed by atoms with Gasteiger partial charge in [0, 0.05) is 11.6 Å². The van der Waals surface area contributed by atoms with Crippen molar-refractivity contribution in [2.75, 3.05) is 11.9 Å². The van der Waals surface area contributed by atoms with E-state index in [2.05, 4.69) is 20.0 Å². The van der Waals surface area contributed by atoms with E-state index in [0.717, 1.165) is 4.88 Å². The summed E-state index contributed by atoms with van der Waals surface area (Å²) in [5.41, 5.74) is 0.523. The number of hydrogen-bond donors (Lipinski definition) is 1. The van der Waals surface area contributed by atoms with Crippen molar-refractivity contribution >= 4 is 45.3 Å². The van der Waals surface area contributed by atoms with Gasteiger partial charge in [-0.2, -0.15) is 13.2 Å². The molecule has 3 heterocycles. The number of hydrogen-bond acceptors (Lipinski definition) is 6. The number of halogens is 4. The molecule has 0 bridgehead atoms. The van der Waals surface area contributed by atoms with Gasteiger partial charge in [-0.1, -0.05) is 11.6 Å². The molecule has 0 aliphatic rings. The minimum atomic E-state index is -4.53. The van der Waals surface area contributed by atoms with Crippen LogP contribution in [0.4, 0.5) is 18.3 Å². The number of anilines is 1. The first-order valence-corrected chi connectivity index (χ1v) is 9.06. The Morgan fingerprint density at radius 2 is 2.12 bits per heavy atom. The molecular formula is C15H9ClF3N3O2S2. The molecule has 0 spiro atoms. The number of carbonyl (C=O) groups is 1. The van der Waals surface area contributed by atoms with Crippen molar-refractivity contribution in [3.05, 3.63) is 45.7 Å². The molecule has 0 aromatic carbocycles. The lowest BCUT2D eigenvalue weighted by Gasteiger charge is -2.11. The molecule has 0 aliphatic heterocycles. The lowest BCUT2D eigenvalue weighted by molar-refractivity contribution is -0.154. The summed E-state index contributed by atoms with van der Waals surface area (Å²) >= 11 is 8.40. The van der Waals surface area contributed by atoms with Crippen LogP contribution in [0.3, 0.4) is 0 Å². The maximum absolute atomic E-state index is 12.3. The molecule has 3 aromatic heterocycles. The molecule has 0 aliphatic carbocycles. The Bertz CT molecular complexity index is 927. The lowest BCUT2D eigenvalue weighted by Crippen LogP contribution is -2.21. The second-order valence-electron chi connectivity index (χ2n) is 4.86. The van der Waals surface area contributed by atoms with Crippen LogP contribution < -0.4 is 10.1 Å². The summed E-state index contributed by atoms with van der Waals surface area (Å²) < 4.78 is 42.2. The van der Waals surface area contributed by atoms with E-state index < -0.39 is 24.6 Å². The summed E-state index contributed by atoms with van der Waals surface area (Å²) in [5, 5.41) is 4.56. The minimum Gasteiger partial charge on any atom is -0.467 e. The SMILES string of the molecule is O=C(Nc1nc(-c2ccc(Cl)s2)cs1)c1cccnc1OCC(F)(F)F. The Morgan fingerprint density at radius 3 is 2.81 bits per heavy atom. The number of pyridine rings is 1. The third-order valence-corrected chi connectivity index (χ3v) is 4.95. The number of thiazole rings is 1. The number of nitrogens with one attached hydrogen (secondary N) is 1.